The highest BCUT2D eigenvalue weighted by atomic mass is 16.5. The topological polar surface area (TPSA) is 81.2 Å². The van der Waals surface area contributed by atoms with E-state index in [2.05, 4.69) is 26.4 Å². The molecule has 0 aliphatic heterocycles. The minimum Gasteiger partial charge on any atom is -0.490 e. The predicted molar refractivity (Wildman–Crippen MR) is 117 cm³/mol. The second-order valence-corrected chi connectivity index (χ2v) is 6.56. The van der Waals surface area contributed by atoms with Gasteiger partial charge in [-0.25, -0.2) is 0 Å². The number of hydrogen-bond donors (Lipinski definition) is 2. The molecule has 0 atom stereocenters. The molecule has 0 heterocycles. The fourth-order valence-electron chi connectivity index (χ4n) is 2.85. The van der Waals surface area contributed by atoms with Gasteiger partial charge in [-0.15, -0.1) is 0 Å². The number of carbonyl (C=O) groups excluding carboxylic acids is 1. The summed E-state index contributed by atoms with van der Waals surface area (Å²) in [6.45, 7) is 6.80. The van der Waals surface area contributed by atoms with Crippen LogP contribution in [0.15, 0.2) is 23.2 Å². The molecular weight excluding hydrogens is 370 g/mol. The van der Waals surface area contributed by atoms with Crippen LogP contribution in [-0.4, -0.2) is 52.4 Å². The summed E-state index contributed by atoms with van der Waals surface area (Å²) < 4.78 is 15.9. The monoisotopic (exact) mass is 407 g/mol. The van der Waals surface area contributed by atoms with Crippen molar-refractivity contribution in [3.63, 3.8) is 0 Å². The summed E-state index contributed by atoms with van der Waals surface area (Å²) >= 11 is 0. The van der Waals surface area contributed by atoms with E-state index in [4.69, 9.17) is 9.47 Å². The van der Waals surface area contributed by atoms with E-state index >= 15 is 0 Å². The molecule has 0 saturated heterocycles. The summed E-state index contributed by atoms with van der Waals surface area (Å²) in [7, 11) is 3.20. The quantitative estimate of drug-likeness (QED) is 0.213. The number of nitrogens with zero attached hydrogens (tertiary/aromatic N) is 1. The number of unbranched alkanes of at least 4 members (excludes halogenated alkanes) is 3. The molecule has 7 nitrogen and oxygen atoms in total. The highest BCUT2D eigenvalue weighted by Gasteiger charge is 2.06. The van der Waals surface area contributed by atoms with E-state index in [0.29, 0.717) is 19.6 Å². The van der Waals surface area contributed by atoms with Crippen LogP contribution < -0.4 is 20.1 Å². The van der Waals surface area contributed by atoms with Gasteiger partial charge in [-0.3, -0.25) is 9.79 Å². The first-order valence-corrected chi connectivity index (χ1v) is 10.5. The second kappa shape index (κ2) is 15.5. The summed E-state index contributed by atoms with van der Waals surface area (Å²) in [4.78, 5) is 15.3. The molecular formula is C22H37N3O4. The first kappa shape index (κ1) is 24.6. The Hall–Kier alpha value is -2.44. The summed E-state index contributed by atoms with van der Waals surface area (Å²) in [6, 6.07) is 6.08. The molecule has 0 aliphatic rings. The molecule has 1 aromatic rings. The number of ether oxygens (including phenoxy) is 3. The van der Waals surface area contributed by atoms with Crippen LogP contribution in [0.4, 0.5) is 0 Å². The molecule has 1 rings (SSSR count). The van der Waals surface area contributed by atoms with Gasteiger partial charge in [0.15, 0.2) is 17.5 Å². The molecule has 0 radical (unpaired) electrons. The van der Waals surface area contributed by atoms with Gasteiger partial charge in [0, 0.05) is 26.6 Å². The molecule has 0 spiro atoms. The molecule has 0 aromatic heterocycles. The number of rotatable bonds is 14. The van der Waals surface area contributed by atoms with Crippen LogP contribution in [0.5, 0.6) is 11.5 Å². The van der Waals surface area contributed by atoms with Crippen LogP contribution in [0.2, 0.25) is 0 Å². The third kappa shape index (κ3) is 10.6. The fourth-order valence-corrected chi connectivity index (χ4v) is 2.85. The Morgan fingerprint density at radius 3 is 2.34 bits per heavy atom. The van der Waals surface area contributed by atoms with Crippen LogP contribution in [0.3, 0.4) is 0 Å². The van der Waals surface area contributed by atoms with Crippen molar-refractivity contribution in [1.82, 2.24) is 10.6 Å². The van der Waals surface area contributed by atoms with Gasteiger partial charge >= 0.3 is 5.97 Å². The van der Waals surface area contributed by atoms with Crippen LogP contribution >= 0.6 is 0 Å². The van der Waals surface area contributed by atoms with Crippen molar-refractivity contribution < 1.29 is 19.0 Å². The van der Waals surface area contributed by atoms with E-state index in [1.54, 1.807) is 7.05 Å². The predicted octanol–water partition coefficient (Wildman–Crippen LogP) is 3.32. The zero-order valence-corrected chi connectivity index (χ0v) is 18.4. The van der Waals surface area contributed by atoms with E-state index in [1.165, 1.54) is 12.7 Å². The minimum atomic E-state index is -0.131. The van der Waals surface area contributed by atoms with Crippen molar-refractivity contribution in [2.45, 2.75) is 52.4 Å². The van der Waals surface area contributed by atoms with Gasteiger partial charge in [0.25, 0.3) is 0 Å². The molecule has 1 aromatic carbocycles. The van der Waals surface area contributed by atoms with E-state index in [0.717, 1.165) is 62.7 Å². The van der Waals surface area contributed by atoms with Crippen molar-refractivity contribution in [3.8, 4) is 11.5 Å². The molecule has 7 heteroatoms. The Labute approximate surface area is 175 Å². The lowest BCUT2D eigenvalue weighted by molar-refractivity contribution is -0.140. The lowest BCUT2D eigenvalue weighted by Gasteiger charge is -2.14. The average molecular weight is 408 g/mol. The van der Waals surface area contributed by atoms with E-state index in [1.807, 2.05) is 26.0 Å². The van der Waals surface area contributed by atoms with Crippen LogP contribution in [0, 0.1) is 0 Å². The Kier molecular flexibility index (Phi) is 13.1. The number of esters is 1. The maximum Gasteiger partial charge on any atom is 0.305 e. The number of nitrogens with one attached hydrogen (secondary N) is 2. The number of benzene rings is 1. The Bertz CT molecular complexity index is 620. The molecule has 164 valence electrons. The first-order valence-electron chi connectivity index (χ1n) is 10.5. The third-order valence-corrected chi connectivity index (χ3v) is 4.37. The fraction of sp³-hybridized carbons (Fsp3) is 0.636. The molecule has 0 amide bonds. The average Bonchev–Trinajstić information content (AvgIpc) is 2.73. The number of carbonyl (C=O) groups is 1. The normalized spacial score (nSPS) is 11.1. The largest absolute Gasteiger partial charge is 0.490 e. The number of hydrogen-bond acceptors (Lipinski definition) is 5. The van der Waals surface area contributed by atoms with Crippen LogP contribution in [0.1, 0.15) is 51.5 Å². The maximum atomic E-state index is 11.1. The second-order valence-electron chi connectivity index (χ2n) is 6.56. The minimum absolute atomic E-state index is 0.131. The Balaban J connectivity index is 2.27. The van der Waals surface area contributed by atoms with Crippen molar-refractivity contribution in [2.75, 3.05) is 40.5 Å². The van der Waals surface area contributed by atoms with Gasteiger partial charge in [-0.1, -0.05) is 18.9 Å². The number of guanidine groups is 1. The molecule has 0 aliphatic carbocycles. The highest BCUT2D eigenvalue weighted by molar-refractivity contribution is 5.79. The Morgan fingerprint density at radius 1 is 0.966 bits per heavy atom. The molecule has 0 bridgehead atoms. The van der Waals surface area contributed by atoms with Crippen LogP contribution in [-0.2, 0) is 16.0 Å². The van der Waals surface area contributed by atoms with Gasteiger partial charge in [0.2, 0.25) is 0 Å². The maximum absolute atomic E-state index is 11.1. The van der Waals surface area contributed by atoms with Crippen molar-refractivity contribution in [2.24, 2.45) is 4.99 Å². The van der Waals surface area contributed by atoms with Gasteiger partial charge < -0.3 is 24.8 Å². The Morgan fingerprint density at radius 2 is 1.66 bits per heavy atom. The summed E-state index contributed by atoms with van der Waals surface area (Å²) in [5, 5.41) is 6.67. The van der Waals surface area contributed by atoms with E-state index in [9.17, 15) is 4.79 Å². The van der Waals surface area contributed by atoms with E-state index < -0.39 is 0 Å². The van der Waals surface area contributed by atoms with Gasteiger partial charge in [-0.05, 0) is 50.8 Å². The van der Waals surface area contributed by atoms with Gasteiger partial charge in [0.1, 0.15) is 0 Å². The summed E-state index contributed by atoms with van der Waals surface area (Å²) in [6.07, 6.45) is 5.39. The van der Waals surface area contributed by atoms with Crippen molar-refractivity contribution >= 4 is 11.9 Å². The van der Waals surface area contributed by atoms with Gasteiger partial charge in [-0.2, -0.15) is 0 Å². The van der Waals surface area contributed by atoms with Crippen LogP contribution in [0.25, 0.3) is 0 Å². The lowest BCUT2D eigenvalue weighted by Crippen LogP contribution is -2.38. The number of aliphatic imine (C=N–C) groups is 1. The summed E-state index contributed by atoms with van der Waals surface area (Å²) in [5.74, 6) is 2.25. The zero-order chi connectivity index (χ0) is 21.3. The molecule has 29 heavy (non-hydrogen) atoms. The van der Waals surface area contributed by atoms with Gasteiger partial charge in [0.05, 0.1) is 20.3 Å². The summed E-state index contributed by atoms with van der Waals surface area (Å²) in [5.41, 5.74) is 1.19. The molecule has 2 N–H and O–H groups in total. The lowest BCUT2D eigenvalue weighted by atomic mass is 10.1. The SMILES string of the molecule is CCOc1ccc(CCNC(=NC)NCCCCCCC(=O)OC)cc1OCC. The smallest absolute Gasteiger partial charge is 0.305 e. The molecule has 0 unspecified atom stereocenters. The van der Waals surface area contributed by atoms with Crippen molar-refractivity contribution in [1.29, 1.82) is 0 Å². The zero-order valence-electron chi connectivity index (χ0n) is 18.4. The highest BCUT2D eigenvalue weighted by Crippen LogP contribution is 2.28. The van der Waals surface area contributed by atoms with E-state index in [-0.39, 0.29) is 5.97 Å². The standard InChI is InChI=1S/C22H37N3O4/c1-5-28-19-13-12-18(17-20(19)29-6-2)14-16-25-22(23-3)24-15-10-8-7-9-11-21(26)27-4/h12-13,17H,5-11,14-16H2,1-4H3,(H2,23,24,25). The molecule has 0 fully saturated rings. The number of methoxy groups -OCH3 is 1. The first-order chi connectivity index (χ1) is 14.1. The third-order valence-electron chi connectivity index (χ3n) is 4.37. The van der Waals surface area contributed by atoms with Crippen molar-refractivity contribution in [3.05, 3.63) is 23.8 Å². The molecule has 0 saturated carbocycles.